The van der Waals surface area contributed by atoms with Gasteiger partial charge in [-0.1, -0.05) is 11.6 Å². The number of halogens is 1. The first-order chi connectivity index (χ1) is 6.59. The summed E-state index contributed by atoms with van der Waals surface area (Å²) in [6, 6.07) is 5.03. The number of carbonyl (C=O) groups excluding carboxylic acids is 2. The normalized spacial score (nSPS) is 14.4. The maximum Gasteiger partial charge on any atom is 0.261 e. The van der Waals surface area contributed by atoms with Crippen LogP contribution in [0.1, 0.15) is 22.8 Å². The molecule has 0 bridgehead atoms. The third-order valence-electron chi connectivity index (χ3n) is 2.25. The lowest BCUT2D eigenvalue weighted by Crippen LogP contribution is -2.28. The Hall–Kier alpha value is -1.35. The summed E-state index contributed by atoms with van der Waals surface area (Å²) >= 11 is 5.78. The van der Waals surface area contributed by atoms with Gasteiger partial charge in [0.1, 0.15) is 0 Å². The Morgan fingerprint density at radius 3 is 2.86 bits per heavy atom. The van der Waals surface area contributed by atoms with Crippen molar-refractivity contribution in [2.24, 2.45) is 0 Å². The predicted octanol–water partition coefficient (Wildman–Crippen LogP) is 1.84. The summed E-state index contributed by atoms with van der Waals surface area (Å²) in [4.78, 5) is 23.9. The van der Waals surface area contributed by atoms with Gasteiger partial charge in [0, 0.05) is 17.5 Å². The lowest BCUT2D eigenvalue weighted by atomic mass is 10.1. The van der Waals surface area contributed by atoms with Crippen LogP contribution in [0.4, 0.5) is 0 Å². The zero-order valence-electron chi connectivity index (χ0n) is 7.58. The molecule has 2 rings (SSSR count). The van der Waals surface area contributed by atoms with Gasteiger partial charge in [-0.15, -0.1) is 0 Å². The zero-order valence-corrected chi connectivity index (χ0v) is 8.34. The molecule has 1 heterocycles. The van der Waals surface area contributed by atoms with Crippen LogP contribution >= 0.6 is 11.6 Å². The molecule has 0 fully saturated rings. The van der Waals surface area contributed by atoms with E-state index in [2.05, 4.69) is 0 Å². The van der Waals surface area contributed by atoms with Gasteiger partial charge in [-0.3, -0.25) is 14.5 Å². The largest absolute Gasteiger partial charge is 0.275 e. The van der Waals surface area contributed by atoms with Gasteiger partial charge in [-0.05, 0) is 23.8 Å². The van der Waals surface area contributed by atoms with E-state index in [1.54, 1.807) is 18.2 Å². The molecule has 0 atom stereocenters. The number of nitrogens with zero attached hydrogens (tertiary/aromatic N) is 1. The monoisotopic (exact) mass is 209 g/mol. The summed E-state index contributed by atoms with van der Waals surface area (Å²) in [5.74, 6) is -0.466. The first-order valence-electron chi connectivity index (χ1n) is 4.20. The standard InChI is InChI=1S/C10H8ClNO2/c1-6(13)12-5-7-4-8(11)2-3-9(7)10(12)14/h2-4H,5H2,1H3. The van der Waals surface area contributed by atoms with Crippen LogP contribution in [0.2, 0.25) is 5.02 Å². The van der Waals surface area contributed by atoms with Crippen LogP contribution < -0.4 is 0 Å². The fourth-order valence-electron chi connectivity index (χ4n) is 1.54. The molecule has 0 saturated heterocycles. The van der Waals surface area contributed by atoms with Crippen LogP contribution in [-0.4, -0.2) is 16.7 Å². The van der Waals surface area contributed by atoms with Crippen molar-refractivity contribution in [1.29, 1.82) is 0 Å². The van der Waals surface area contributed by atoms with Gasteiger partial charge in [0.25, 0.3) is 5.91 Å². The average Bonchev–Trinajstić information content (AvgIpc) is 2.43. The van der Waals surface area contributed by atoms with E-state index in [1.165, 1.54) is 11.8 Å². The highest BCUT2D eigenvalue weighted by atomic mass is 35.5. The molecule has 4 heteroatoms. The molecule has 1 aliphatic heterocycles. The molecule has 0 N–H and O–H groups in total. The molecule has 0 unspecified atom stereocenters. The SMILES string of the molecule is CC(=O)N1Cc2cc(Cl)ccc2C1=O. The number of fused-ring (bicyclic) bond motifs is 1. The Bertz CT molecular complexity index is 428. The summed E-state index contributed by atoms with van der Waals surface area (Å²) in [6.45, 7) is 1.72. The lowest BCUT2D eigenvalue weighted by molar-refractivity contribution is -0.126. The minimum absolute atomic E-state index is 0.232. The van der Waals surface area contributed by atoms with Gasteiger partial charge in [-0.2, -0.15) is 0 Å². The van der Waals surface area contributed by atoms with Crippen LogP contribution in [0.15, 0.2) is 18.2 Å². The smallest absolute Gasteiger partial charge is 0.261 e. The van der Waals surface area contributed by atoms with Crippen molar-refractivity contribution in [1.82, 2.24) is 4.90 Å². The second kappa shape index (κ2) is 3.10. The topological polar surface area (TPSA) is 37.4 Å². The van der Waals surface area contributed by atoms with Gasteiger partial charge in [-0.25, -0.2) is 0 Å². The number of carbonyl (C=O) groups is 2. The molecular weight excluding hydrogens is 202 g/mol. The van der Waals surface area contributed by atoms with Crippen LogP contribution in [-0.2, 0) is 11.3 Å². The number of hydrogen-bond acceptors (Lipinski definition) is 2. The summed E-state index contributed by atoms with van der Waals surface area (Å²) in [7, 11) is 0. The second-order valence-electron chi connectivity index (χ2n) is 3.21. The van der Waals surface area contributed by atoms with Crippen molar-refractivity contribution in [2.45, 2.75) is 13.5 Å². The minimum atomic E-state index is -0.234. The van der Waals surface area contributed by atoms with E-state index in [4.69, 9.17) is 11.6 Å². The van der Waals surface area contributed by atoms with Crippen molar-refractivity contribution in [3.63, 3.8) is 0 Å². The van der Waals surface area contributed by atoms with Crippen molar-refractivity contribution in [3.05, 3.63) is 34.3 Å². The number of imide groups is 1. The van der Waals surface area contributed by atoms with E-state index in [0.717, 1.165) is 5.56 Å². The summed E-state index contributed by atoms with van der Waals surface area (Å²) in [6.07, 6.45) is 0. The Morgan fingerprint density at radius 2 is 2.21 bits per heavy atom. The summed E-state index contributed by atoms with van der Waals surface area (Å²) in [5, 5.41) is 0.585. The van der Waals surface area contributed by atoms with Crippen molar-refractivity contribution in [3.8, 4) is 0 Å². The van der Waals surface area contributed by atoms with E-state index in [0.29, 0.717) is 17.1 Å². The third-order valence-corrected chi connectivity index (χ3v) is 2.49. The van der Waals surface area contributed by atoms with Crippen molar-refractivity contribution in [2.75, 3.05) is 0 Å². The molecule has 14 heavy (non-hydrogen) atoms. The van der Waals surface area contributed by atoms with Crippen LogP contribution in [0.5, 0.6) is 0 Å². The molecule has 0 aliphatic carbocycles. The Kier molecular flexibility index (Phi) is 2.04. The fraction of sp³-hybridized carbons (Fsp3) is 0.200. The highest BCUT2D eigenvalue weighted by molar-refractivity contribution is 6.30. The molecule has 72 valence electrons. The molecule has 1 aliphatic rings. The first-order valence-corrected chi connectivity index (χ1v) is 4.58. The number of benzene rings is 1. The lowest BCUT2D eigenvalue weighted by Gasteiger charge is -2.08. The Morgan fingerprint density at radius 1 is 1.50 bits per heavy atom. The van der Waals surface area contributed by atoms with Gasteiger partial charge in [0.2, 0.25) is 5.91 Å². The molecule has 1 aromatic carbocycles. The fourth-order valence-corrected chi connectivity index (χ4v) is 1.74. The molecule has 2 amide bonds. The average molecular weight is 210 g/mol. The van der Waals surface area contributed by atoms with Crippen LogP contribution in [0.25, 0.3) is 0 Å². The van der Waals surface area contributed by atoms with Crippen LogP contribution in [0.3, 0.4) is 0 Å². The highest BCUT2D eigenvalue weighted by Gasteiger charge is 2.29. The minimum Gasteiger partial charge on any atom is -0.275 e. The Labute approximate surface area is 86.3 Å². The highest BCUT2D eigenvalue weighted by Crippen LogP contribution is 2.25. The van der Waals surface area contributed by atoms with Gasteiger partial charge in [0.05, 0.1) is 6.54 Å². The second-order valence-corrected chi connectivity index (χ2v) is 3.65. The Balaban J connectivity index is 2.45. The maximum atomic E-state index is 11.6. The molecule has 0 radical (unpaired) electrons. The maximum absolute atomic E-state index is 11.6. The molecule has 0 saturated carbocycles. The number of amides is 2. The van der Waals surface area contributed by atoms with Crippen molar-refractivity contribution < 1.29 is 9.59 Å². The first kappa shape index (κ1) is 9.21. The summed E-state index contributed by atoms with van der Waals surface area (Å²) < 4.78 is 0. The summed E-state index contributed by atoms with van der Waals surface area (Å²) in [5.41, 5.74) is 1.39. The molecule has 0 aromatic heterocycles. The van der Waals surface area contributed by atoms with E-state index in [-0.39, 0.29) is 11.8 Å². The van der Waals surface area contributed by atoms with Crippen LogP contribution in [0, 0.1) is 0 Å². The molecule has 0 spiro atoms. The zero-order chi connectivity index (χ0) is 10.3. The van der Waals surface area contributed by atoms with Gasteiger partial charge < -0.3 is 0 Å². The van der Waals surface area contributed by atoms with E-state index in [9.17, 15) is 9.59 Å². The quantitative estimate of drug-likeness (QED) is 0.654. The predicted molar refractivity (Wildman–Crippen MR) is 52.0 cm³/mol. The van der Waals surface area contributed by atoms with E-state index < -0.39 is 0 Å². The van der Waals surface area contributed by atoms with E-state index >= 15 is 0 Å². The third kappa shape index (κ3) is 1.30. The van der Waals surface area contributed by atoms with E-state index in [1.807, 2.05) is 0 Å². The van der Waals surface area contributed by atoms with Crippen molar-refractivity contribution >= 4 is 23.4 Å². The van der Waals surface area contributed by atoms with Gasteiger partial charge in [0.15, 0.2) is 0 Å². The molecule has 3 nitrogen and oxygen atoms in total. The molecule has 1 aromatic rings. The van der Waals surface area contributed by atoms with Gasteiger partial charge >= 0.3 is 0 Å². The number of hydrogen-bond donors (Lipinski definition) is 0. The molecular formula is C10H8ClNO2. The number of rotatable bonds is 0.